The second kappa shape index (κ2) is 32.0. The highest BCUT2D eigenvalue weighted by atomic mass is 28.4. The summed E-state index contributed by atoms with van der Waals surface area (Å²) in [5.41, 5.74) is 3.06. The third-order valence-electron chi connectivity index (χ3n) is 18.9. The minimum Gasteiger partial charge on any atom is -0.463 e. The molecule has 0 aromatic heterocycles. The van der Waals surface area contributed by atoms with Crippen LogP contribution in [0.1, 0.15) is 108 Å². The Kier molecular flexibility index (Phi) is 23.3. The first-order chi connectivity index (χ1) is 47.1. The zero-order valence-corrected chi connectivity index (χ0v) is 57.3. The Morgan fingerprint density at radius 2 is 1.01 bits per heavy atom. The zero-order valence-electron chi connectivity index (χ0n) is 56.3. The van der Waals surface area contributed by atoms with Crippen molar-refractivity contribution in [2.45, 2.75) is 185 Å². The monoisotopic (exact) mass is 1360 g/mol. The maximum absolute atomic E-state index is 15.7. The third kappa shape index (κ3) is 16.5. The van der Waals surface area contributed by atoms with Crippen LogP contribution in [0.2, 0.25) is 18.1 Å². The third-order valence-corrected chi connectivity index (χ3v) is 23.4. The van der Waals surface area contributed by atoms with Crippen LogP contribution in [0, 0.1) is 5.92 Å². The molecule has 6 aromatic rings. The van der Waals surface area contributed by atoms with Gasteiger partial charge in [0.2, 0.25) is 0 Å². The molecule has 23 heteroatoms. The van der Waals surface area contributed by atoms with Crippen molar-refractivity contribution in [2.24, 2.45) is 5.92 Å². The molecule has 5 heterocycles. The van der Waals surface area contributed by atoms with Crippen LogP contribution in [0.25, 0.3) is 0 Å². The van der Waals surface area contributed by atoms with Crippen LogP contribution in [0.4, 0.5) is 0 Å². The lowest BCUT2D eigenvalue weighted by atomic mass is 9.92. The predicted molar refractivity (Wildman–Crippen MR) is 353 cm³/mol. The summed E-state index contributed by atoms with van der Waals surface area (Å²) >= 11 is 0. The van der Waals surface area contributed by atoms with Gasteiger partial charge >= 0.3 is 23.9 Å². The average Bonchev–Trinajstić information content (AvgIpc) is 1.22. The Labute approximate surface area is 571 Å². The molecular formula is C75H85NO21Si. The fourth-order valence-corrected chi connectivity index (χ4v) is 15.2. The summed E-state index contributed by atoms with van der Waals surface area (Å²) in [6.45, 7) is 14.9. The molecule has 5 aliphatic heterocycles. The van der Waals surface area contributed by atoms with E-state index in [4.69, 9.17) is 70.7 Å². The van der Waals surface area contributed by atoms with Crippen molar-refractivity contribution in [1.29, 1.82) is 0 Å². The number of hydrogen-bond acceptors (Lipinski definition) is 21. The van der Waals surface area contributed by atoms with E-state index in [2.05, 4.69) is 27.7 Å². The number of fused-ring (bicyclic) bond motifs is 2. The first kappa shape index (κ1) is 71.4. The lowest BCUT2D eigenvalue weighted by molar-refractivity contribution is -0.390. The number of carbonyl (C=O) groups is 6. The summed E-state index contributed by atoms with van der Waals surface area (Å²) in [5, 5.41) is -0.474. The van der Waals surface area contributed by atoms with Crippen molar-refractivity contribution >= 4 is 44.0 Å². The molecule has 16 atom stereocenters. The molecule has 0 spiro atoms. The van der Waals surface area contributed by atoms with Gasteiger partial charge in [-0.25, -0.2) is 4.79 Å². The number of imide groups is 1. The number of hydrogen-bond donors (Lipinski definition) is 0. The topological polar surface area (TPSA) is 244 Å². The Morgan fingerprint density at radius 3 is 1.57 bits per heavy atom. The molecule has 0 aliphatic carbocycles. The van der Waals surface area contributed by atoms with Crippen LogP contribution < -0.4 is 0 Å². The van der Waals surface area contributed by atoms with Gasteiger partial charge in [0.05, 0.1) is 49.7 Å². The van der Waals surface area contributed by atoms with Crippen molar-refractivity contribution in [1.82, 2.24) is 4.90 Å². The van der Waals surface area contributed by atoms with Crippen LogP contribution >= 0.6 is 0 Å². The van der Waals surface area contributed by atoms with Crippen LogP contribution in [-0.2, 0) is 105 Å². The van der Waals surface area contributed by atoms with Gasteiger partial charge in [-0.15, -0.1) is 0 Å². The molecule has 6 aromatic carbocycles. The molecule has 4 saturated heterocycles. The first-order valence-corrected chi connectivity index (χ1v) is 36.0. The van der Waals surface area contributed by atoms with Crippen LogP contribution in [-0.4, -0.2) is 161 Å². The molecule has 2 amide bonds. The van der Waals surface area contributed by atoms with E-state index < -0.39 is 154 Å². The van der Waals surface area contributed by atoms with E-state index in [1.54, 1.807) is 42.5 Å². The predicted octanol–water partition coefficient (Wildman–Crippen LogP) is 10.4. The minimum atomic E-state index is -3.08. The maximum atomic E-state index is 15.7. The SMILES string of the molecule is CC(=O)OC[C@H]1O[C@@H](O[Si](C)(C)C(C)(C)C(C)C)[C@H](OC(=O)c2ccccc2)[C@@H](O[C@@H]2O[C@H](COCc3ccccc3)[C@H](O[C@@H]3O[C@@H]4COC(c5ccccc5)O[C@@H]4[C@H](OC(C)=O)[C@H]3OC(C)=O)[C@H](OCc3ccccc3)[C@H]2N2C(=O)c3ccccc3C2=O)[C@H]1OCc1ccccc1. The molecule has 0 N–H and O–H groups in total. The minimum absolute atomic E-state index is 0.0258. The quantitative estimate of drug-likeness (QED) is 0.0212. The van der Waals surface area contributed by atoms with Crippen LogP contribution in [0.3, 0.4) is 0 Å². The molecule has 4 fully saturated rings. The second-order valence-electron chi connectivity index (χ2n) is 26.2. The average molecular weight is 1360 g/mol. The molecular weight excluding hydrogens is 1280 g/mol. The van der Waals surface area contributed by atoms with Gasteiger partial charge in [-0.2, -0.15) is 0 Å². The molecule has 520 valence electrons. The molecule has 1 unspecified atom stereocenters. The van der Waals surface area contributed by atoms with E-state index in [0.29, 0.717) is 16.7 Å². The number of benzene rings is 6. The van der Waals surface area contributed by atoms with Crippen molar-refractivity contribution in [3.8, 4) is 0 Å². The number of amides is 2. The standard InChI is InChI=1S/C75H85NO21Si/c1-45(2)75(6,7)98(8,9)97-74-67(93-70(82)52-33-21-13-22-34-52)64(60(57(92-74)43-84-46(3)77)85-40-50-29-17-11-18-30-50)96-72-59(76-68(80)54-37-25-26-38-55(54)69(76)81)63(86-41-51-31-19-12-20-32-51)61(56(90-72)42-83-39-49-27-15-10-16-28-49)95-73-66(89-48(5)79)65(88-47(4)78)62-58(91-73)44-87-71(94-62)53-35-23-14-24-36-53/h10-38,45,56-67,71-74H,39-44H2,1-9H3/t56-,57-,58-,59-,60+,61+,62+,63-,64+,65+,66-,67-,71?,72+,73+,74+/m1/s1. The van der Waals surface area contributed by atoms with Crippen molar-refractivity contribution in [3.63, 3.8) is 0 Å². The van der Waals surface area contributed by atoms with Crippen LogP contribution in [0.15, 0.2) is 176 Å². The number of ether oxygens (including phenoxy) is 14. The molecule has 98 heavy (non-hydrogen) atoms. The zero-order chi connectivity index (χ0) is 69.3. The summed E-state index contributed by atoms with van der Waals surface area (Å²) in [5.74, 6) is -4.45. The molecule has 0 saturated carbocycles. The fourth-order valence-electron chi connectivity index (χ4n) is 12.7. The maximum Gasteiger partial charge on any atom is 0.338 e. The van der Waals surface area contributed by atoms with Gasteiger partial charge in [-0.1, -0.05) is 179 Å². The van der Waals surface area contributed by atoms with Gasteiger partial charge in [0.25, 0.3) is 11.8 Å². The van der Waals surface area contributed by atoms with Gasteiger partial charge in [0, 0.05) is 26.3 Å². The molecule has 11 rings (SSSR count). The number of esters is 4. The normalized spacial score (nSPS) is 27.9. The lowest BCUT2D eigenvalue weighted by Crippen LogP contribution is -2.71. The van der Waals surface area contributed by atoms with E-state index in [-0.39, 0.29) is 55.6 Å². The Balaban J connectivity index is 1.10. The summed E-state index contributed by atoms with van der Waals surface area (Å²) in [7, 11) is -3.08. The number of nitrogens with zero attached hydrogens (tertiary/aromatic N) is 1. The Bertz CT molecular complexity index is 3630. The highest BCUT2D eigenvalue weighted by molar-refractivity contribution is 6.74. The lowest BCUT2D eigenvalue weighted by Gasteiger charge is -2.53. The fraction of sp³-hybridized carbons (Fsp3) is 0.440. The van der Waals surface area contributed by atoms with Gasteiger partial charge in [0.15, 0.2) is 51.8 Å². The number of carbonyl (C=O) groups excluding carboxylic acids is 6. The smallest absolute Gasteiger partial charge is 0.338 e. The summed E-state index contributed by atoms with van der Waals surface area (Å²) in [4.78, 5) is 87.3. The second-order valence-corrected chi connectivity index (χ2v) is 30.8. The Hall–Kier alpha value is -7.88. The van der Waals surface area contributed by atoms with Gasteiger partial charge in [-0.3, -0.25) is 28.9 Å². The molecule has 0 radical (unpaired) electrons. The molecule has 22 nitrogen and oxygen atoms in total. The largest absolute Gasteiger partial charge is 0.463 e. The highest BCUT2D eigenvalue weighted by Gasteiger charge is 2.62. The van der Waals surface area contributed by atoms with E-state index in [0.717, 1.165) is 10.5 Å². The summed E-state index contributed by atoms with van der Waals surface area (Å²) < 4.78 is 102. The number of rotatable bonds is 26. The van der Waals surface area contributed by atoms with Gasteiger partial charge in [0.1, 0.15) is 61.5 Å². The summed E-state index contributed by atoms with van der Waals surface area (Å²) in [6.07, 6.45) is -21.4. The van der Waals surface area contributed by atoms with Crippen molar-refractivity contribution < 1.29 is 99.5 Å². The molecule has 5 aliphatic rings. The van der Waals surface area contributed by atoms with Gasteiger partial charge < -0.3 is 70.7 Å². The van der Waals surface area contributed by atoms with E-state index in [9.17, 15) is 14.4 Å². The van der Waals surface area contributed by atoms with E-state index in [1.807, 2.05) is 134 Å². The van der Waals surface area contributed by atoms with E-state index >= 15 is 14.4 Å². The van der Waals surface area contributed by atoms with E-state index in [1.165, 1.54) is 32.9 Å². The molecule has 0 bridgehead atoms. The van der Waals surface area contributed by atoms with Crippen molar-refractivity contribution in [3.05, 3.63) is 215 Å². The van der Waals surface area contributed by atoms with Gasteiger partial charge in [-0.05, 0) is 65.0 Å². The highest BCUT2D eigenvalue weighted by Crippen LogP contribution is 2.48. The summed E-state index contributed by atoms with van der Waals surface area (Å²) in [6, 6.07) is 49.8. The first-order valence-electron chi connectivity index (χ1n) is 33.1. The van der Waals surface area contributed by atoms with Crippen molar-refractivity contribution in [2.75, 3.05) is 19.8 Å². The Morgan fingerprint density at radius 1 is 0.520 bits per heavy atom. The van der Waals surface area contributed by atoms with Crippen LogP contribution in [0.5, 0.6) is 0 Å².